The Morgan fingerprint density at radius 1 is 0.583 bits per heavy atom. The minimum absolute atomic E-state index is 0.713. The summed E-state index contributed by atoms with van der Waals surface area (Å²) in [6, 6.07) is 24.5. The van der Waals surface area contributed by atoms with Gasteiger partial charge in [0.15, 0.2) is 11.5 Å². The molecule has 1 heterocycles. The van der Waals surface area contributed by atoms with E-state index in [2.05, 4.69) is 24.3 Å². The van der Waals surface area contributed by atoms with Crippen molar-refractivity contribution < 1.29 is 9.05 Å². The molecule has 0 aliphatic carbocycles. The van der Waals surface area contributed by atoms with Crippen molar-refractivity contribution >= 4 is 29.7 Å². The zero-order valence-corrected chi connectivity index (χ0v) is 13.6. The minimum Gasteiger partial charge on any atom is -0.236 e. The van der Waals surface area contributed by atoms with Crippen molar-refractivity contribution in [2.45, 2.75) is 0 Å². The van der Waals surface area contributed by atoms with Gasteiger partial charge in [-0.2, -0.15) is 0 Å². The molecule has 4 aromatic carbocycles. The second-order valence-corrected chi connectivity index (χ2v) is 6.64. The number of benzene rings is 4. The number of hydrogen-bond acceptors (Lipinski definition) is 3. The lowest BCUT2D eigenvalue weighted by atomic mass is 9.92. The molecule has 1 aliphatic heterocycles. The highest BCUT2D eigenvalue weighted by Crippen LogP contribution is 2.51. The van der Waals surface area contributed by atoms with Crippen LogP contribution in [0.5, 0.6) is 11.5 Å². The normalized spacial score (nSPS) is 12.9. The molecular formula is C20H13NO2P+. The van der Waals surface area contributed by atoms with E-state index in [1.54, 1.807) is 0 Å². The predicted molar refractivity (Wildman–Crippen MR) is 97.8 cm³/mol. The number of nitrogens with one attached hydrogen (secondary N) is 1. The highest BCUT2D eigenvalue weighted by Gasteiger charge is 2.31. The van der Waals surface area contributed by atoms with Gasteiger partial charge in [0.25, 0.3) is 0 Å². The van der Waals surface area contributed by atoms with Gasteiger partial charge in [-0.05, 0) is 38.8 Å². The van der Waals surface area contributed by atoms with E-state index in [1.165, 1.54) is 0 Å². The van der Waals surface area contributed by atoms with E-state index in [1.807, 2.05) is 48.5 Å². The third-order valence-electron chi connectivity index (χ3n) is 4.39. The molecule has 0 fully saturated rings. The summed E-state index contributed by atoms with van der Waals surface area (Å²) < 4.78 is 11.6. The Labute approximate surface area is 139 Å². The van der Waals surface area contributed by atoms with Crippen molar-refractivity contribution in [1.82, 2.24) is 0 Å². The maximum absolute atomic E-state index is 8.11. The van der Waals surface area contributed by atoms with Gasteiger partial charge < -0.3 is 0 Å². The van der Waals surface area contributed by atoms with Crippen LogP contribution in [-0.2, 0) is 0 Å². The van der Waals surface area contributed by atoms with Crippen LogP contribution in [0.1, 0.15) is 0 Å². The van der Waals surface area contributed by atoms with E-state index >= 15 is 0 Å². The molecule has 0 radical (unpaired) electrons. The minimum atomic E-state index is -1.75. The highest BCUT2D eigenvalue weighted by molar-refractivity contribution is 7.35. The molecule has 0 bridgehead atoms. The molecule has 4 heteroatoms. The van der Waals surface area contributed by atoms with Crippen LogP contribution >= 0.6 is 8.17 Å². The van der Waals surface area contributed by atoms with E-state index in [9.17, 15) is 0 Å². The van der Waals surface area contributed by atoms with E-state index in [0.29, 0.717) is 11.5 Å². The Bertz CT molecular complexity index is 1050. The summed E-state index contributed by atoms with van der Waals surface area (Å²) in [4.78, 5) is 0. The molecule has 1 N–H and O–H groups in total. The Hall–Kier alpha value is -2.90. The van der Waals surface area contributed by atoms with Crippen LogP contribution in [0, 0.1) is 5.16 Å². The largest absolute Gasteiger partial charge is 0.664 e. The van der Waals surface area contributed by atoms with Crippen molar-refractivity contribution in [2.75, 3.05) is 0 Å². The maximum Gasteiger partial charge on any atom is 0.664 e. The summed E-state index contributed by atoms with van der Waals surface area (Å²) >= 11 is 0. The molecule has 0 saturated heterocycles. The molecule has 114 valence electrons. The van der Waals surface area contributed by atoms with Crippen LogP contribution in [0.15, 0.2) is 72.8 Å². The first-order valence-electron chi connectivity index (χ1n) is 7.72. The van der Waals surface area contributed by atoms with Crippen molar-refractivity contribution in [3.8, 4) is 22.6 Å². The Balaban J connectivity index is 2.02. The fraction of sp³-hybridized carbons (Fsp3) is 0. The zero-order valence-electron chi connectivity index (χ0n) is 12.7. The fourth-order valence-corrected chi connectivity index (χ4v) is 4.07. The number of rotatable bonds is 0. The van der Waals surface area contributed by atoms with Gasteiger partial charge in [-0.15, -0.1) is 0 Å². The van der Waals surface area contributed by atoms with E-state index < -0.39 is 8.17 Å². The molecule has 4 aromatic rings. The van der Waals surface area contributed by atoms with Gasteiger partial charge in [0.05, 0.1) is 0 Å². The van der Waals surface area contributed by atoms with E-state index in [0.717, 1.165) is 32.7 Å². The third kappa shape index (κ3) is 1.92. The standard InChI is InChI=1S/C20H13NO2P/c21-24-22-17-11-9-13-5-1-3-7-15(13)19(17)20-16-8-4-2-6-14(16)10-12-18(20)23-24/h1-12,21H/q+1. The monoisotopic (exact) mass is 330 g/mol. The molecule has 3 nitrogen and oxygen atoms in total. The van der Waals surface area contributed by atoms with Gasteiger partial charge in [0, 0.05) is 11.1 Å². The molecule has 0 spiro atoms. The molecule has 0 saturated carbocycles. The van der Waals surface area contributed by atoms with Gasteiger partial charge in [0.1, 0.15) is 0 Å². The average Bonchev–Trinajstić information content (AvgIpc) is 2.77. The third-order valence-corrected chi connectivity index (χ3v) is 5.12. The molecule has 0 atom stereocenters. The van der Waals surface area contributed by atoms with Crippen molar-refractivity contribution in [2.24, 2.45) is 0 Å². The smallest absolute Gasteiger partial charge is 0.236 e. The summed E-state index contributed by atoms with van der Waals surface area (Å²) in [7, 11) is -1.75. The SMILES string of the molecule is N=[P+]1Oc2ccc3ccccc3c2-c2c(ccc3ccccc23)O1. The van der Waals surface area contributed by atoms with Crippen LogP contribution in [0.2, 0.25) is 0 Å². The van der Waals surface area contributed by atoms with Crippen molar-refractivity contribution in [1.29, 1.82) is 5.16 Å². The number of hydrogen-bond donors (Lipinski definition) is 1. The van der Waals surface area contributed by atoms with Gasteiger partial charge in [-0.3, -0.25) is 0 Å². The summed E-state index contributed by atoms with van der Waals surface area (Å²) in [5, 5.41) is 12.6. The Morgan fingerprint density at radius 2 is 1.04 bits per heavy atom. The molecule has 0 aromatic heterocycles. The Kier molecular flexibility index (Phi) is 2.85. The maximum atomic E-state index is 8.11. The predicted octanol–water partition coefficient (Wildman–Crippen LogP) is 6.51. The first-order valence-corrected chi connectivity index (χ1v) is 8.90. The lowest BCUT2D eigenvalue weighted by Crippen LogP contribution is -1.87. The summed E-state index contributed by atoms with van der Waals surface area (Å²) in [5.74, 6) is 1.43. The summed E-state index contributed by atoms with van der Waals surface area (Å²) in [6.45, 7) is 0. The fourth-order valence-electron chi connectivity index (χ4n) is 3.37. The lowest BCUT2D eigenvalue weighted by molar-refractivity contribution is 0.509. The van der Waals surface area contributed by atoms with Crippen LogP contribution < -0.4 is 9.05 Å². The molecular weight excluding hydrogens is 317 g/mol. The van der Waals surface area contributed by atoms with Crippen molar-refractivity contribution in [3.05, 3.63) is 72.8 Å². The molecule has 0 unspecified atom stereocenters. The van der Waals surface area contributed by atoms with Gasteiger partial charge in [0.2, 0.25) is 0 Å². The first kappa shape index (κ1) is 13.5. The van der Waals surface area contributed by atoms with E-state index in [4.69, 9.17) is 14.2 Å². The summed E-state index contributed by atoms with van der Waals surface area (Å²) in [5.41, 5.74) is 2.02. The zero-order chi connectivity index (χ0) is 16.1. The summed E-state index contributed by atoms with van der Waals surface area (Å²) in [6.07, 6.45) is 0. The van der Waals surface area contributed by atoms with Gasteiger partial charge in [-0.1, -0.05) is 60.7 Å². The second kappa shape index (κ2) is 5.05. The van der Waals surface area contributed by atoms with Crippen LogP contribution in [0.25, 0.3) is 32.7 Å². The van der Waals surface area contributed by atoms with Gasteiger partial charge >= 0.3 is 8.17 Å². The van der Waals surface area contributed by atoms with Crippen molar-refractivity contribution in [3.63, 3.8) is 0 Å². The van der Waals surface area contributed by atoms with Crippen LogP contribution in [0.3, 0.4) is 0 Å². The first-order chi connectivity index (χ1) is 11.8. The topological polar surface area (TPSA) is 42.3 Å². The lowest BCUT2D eigenvalue weighted by Gasteiger charge is -2.11. The quantitative estimate of drug-likeness (QED) is 0.374. The Morgan fingerprint density at radius 3 is 1.54 bits per heavy atom. The highest BCUT2D eigenvalue weighted by atomic mass is 31.1. The molecule has 24 heavy (non-hydrogen) atoms. The molecule has 1 aliphatic rings. The van der Waals surface area contributed by atoms with Crippen LogP contribution in [0.4, 0.5) is 0 Å². The van der Waals surface area contributed by atoms with Crippen LogP contribution in [-0.4, -0.2) is 0 Å². The van der Waals surface area contributed by atoms with E-state index in [-0.39, 0.29) is 0 Å². The molecule has 0 amide bonds. The second-order valence-electron chi connectivity index (χ2n) is 5.76. The number of fused-ring (bicyclic) bond motifs is 7. The average molecular weight is 330 g/mol. The van der Waals surface area contributed by atoms with Gasteiger partial charge in [-0.25, -0.2) is 9.05 Å². The molecule has 5 rings (SSSR count).